The molecular formula is C12H16N2S2. The number of thiazole rings is 1. The number of hydrogen-bond donors (Lipinski definition) is 1. The lowest BCUT2D eigenvalue weighted by Gasteiger charge is -2.15. The van der Waals surface area contributed by atoms with Gasteiger partial charge < -0.3 is 5.32 Å². The zero-order valence-corrected chi connectivity index (χ0v) is 11.0. The third-order valence-electron chi connectivity index (χ3n) is 2.46. The summed E-state index contributed by atoms with van der Waals surface area (Å²) >= 11 is 3.51. The van der Waals surface area contributed by atoms with Gasteiger partial charge in [0.1, 0.15) is 0 Å². The molecule has 2 aromatic rings. The molecule has 2 aromatic heterocycles. The number of hydrogen-bond acceptors (Lipinski definition) is 4. The third-order valence-corrected chi connectivity index (χ3v) is 3.99. The van der Waals surface area contributed by atoms with Gasteiger partial charge in [0.2, 0.25) is 0 Å². The van der Waals surface area contributed by atoms with Gasteiger partial charge in [0.25, 0.3) is 0 Å². The minimum absolute atomic E-state index is 0.505. The maximum Gasteiger partial charge on any atom is 0.0940 e. The van der Waals surface area contributed by atoms with E-state index in [1.165, 1.54) is 10.6 Å². The summed E-state index contributed by atoms with van der Waals surface area (Å²) in [4.78, 5) is 4.35. The lowest BCUT2D eigenvalue weighted by molar-refractivity contribution is 0.521. The van der Waals surface area contributed by atoms with Crippen LogP contribution in [0.15, 0.2) is 28.4 Å². The van der Waals surface area contributed by atoms with E-state index < -0.39 is 0 Å². The summed E-state index contributed by atoms with van der Waals surface area (Å²) in [7, 11) is 0. The first-order valence-corrected chi connectivity index (χ1v) is 7.33. The van der Waals surface area contributed by atoms with Crippen molar-refractivity contribution in [1.82, 2.24) is 10.3 Å². The third kappa shape index (κ3) is 3.40. The summed E-state index contributed by atoms with van der Waals surface area (Å²) in [6.07, 6.45) is 4.01. The van der Waals surface area contributed by atoms with Crippen molar-refractivity contribution in [1.29, 1.82) is 0 Å². The highest BCUT2D eigenvalue weighted by atomic mass is 32.1. The van der Waals surface area contributed by atoms with Crippen LogP contribution in [0.4, 0.5) is 0 Å². The van der Waals surface area contributed by atoms with Crippen molar-refractivity contribution >= 4 is 22.7 Å². The van der Waals surface area contributed by atoms with Crippen LogP contribution in [0.3, 0.4) is 0 Å². The van der Waals surface area contributed by atoms with E-state index in [0.717, 1.165) is 19.4 Å². The van der Waals surface area contributed by atoms with Gasteiger partial charge in [-0.1, -0.05) is 6.92 Å². The van der Waals surface area contributed by atoms with Gasteiger partial charge in [0, 0.05) is 24.0 Å². The van der Waals surface area contributed by atoms with Crippen LogP contribution in [0, 0.1) is 0 Å². The van der Waals surface area contributed by atoms with Gasteiger partial charge in [-0.2, -0.15) is 11.3 Å². The number of nitrogens with zero attached hydrogens (tertiary/aromatic N) is 1. The molecule has 86 valence electrons. The van der Waals surface area contributed by atoms with Gasteiger partial charge in [-0.25, -0.2) is 4.98 Å². The van der Waals surface area contributed by atoms with Gasteiger partial charge >= 0.3 is 0 Å². The predicted molar refractivity (Wildman–Crippen MR) is 71.3 cm³/mol. The SMILES string of the molecule is CCNC(Cc1ccsc1)Cc1nccs1. The van der Waals surface area contributed by atoms with Crippen LogP contribution < -0.4 is 5.32 Å². The van der Waals surface area contributed by atoms with E-state index in [2.05, 4.69) is 34.1 Å². The zero-order valence-electron chi connectivity index (χ0n) is 9.35. The molecule has 0 saturated carbocycles. The maximum atomic E-state index is 4.35. The number of thiophene rings is 1. The van der Waals surface area contributed by atoms with Gasteiger partial charge in [-0.3, -0.25) is 0 Å². The highest BCUT2D eigenvalue weighted by Crippen LogP contribution is 2.13. The zero-order chi connectivity index (χ0) is 11.2. The maximum absolute atomic E-state index is 4.35. The first-order valence-electron chi connectivity index (χ1n) is 5.51. The molecule has 2 rings (SSSR count). The van der Waals surface area contributed by atoms with E-state index in [1.54, 1.807) is 22.7 Å². The summed E-state index contributed by atoms with van der Waals surface area (Å²) in [5.41, 5.74) is 1.42. The van der Waals surface area contributed by atoms with Crippen LogP contribution in [0.1, 0.15) is 17.5 Å². The first kappa shape index (κ1) is 11.8. The van der Waals surface area contributed by atoms with Crippen molar-refractivity contribution in [2.75, 3.05) is 6.54 Å². The number of rotatable bonds is 6. The van der Waals surface area contributed by atoms with Crippen LogP contribution in [0.2, 0.25) is 0 Å². The van der Waals surface area contributed by atoms with E-state index in [4.69, 9.17) is 0 Å². The molecule has 0 radical (unpaired) electrons. The lowest BCUT2D eigenvalue weighted by Crippen LogP contribution is -2.32. The average molecular weight is 252 g/mol. The van der Waals surface area contributed by atoms with Crippen molar-refractivity contribution in [3.63, 3.8) is 0 Å². The van der Waals surface area contributed by atoms with E-state index in [-0.39, 0.29) is 0 Å². The minimum atomic E-state index is 0.505. The molecule has 1 atom stereocenters. The van der Waals surface area contributed by atoms with E-state index in [0.29, 0.717) is 6.04 Å². The van der Waals surface area contributed by atoms with Crippen molar-refractivity contribution in [3.8, 4) is 0 Å². The number of likely N-dealkylation sites (N-methyl/N-ethyl adjacent to an activating group) is 1. The molecule has 0 amide bonds. The molecule has 0 fully saturated rings. The fraction of sp³-hybridized carbons (Fsp3) is 0.417. The molecule has 0 aliphatic carbocycles. The standard InChI is InChI=1S/C12H16N2S2/c1-2-13-11(7-10-3-5-15-9-10)8-12-14-4-6-16-12/h3-6,9,11,13H,2,7-8H2,1H3. The lowest BCUT2D eigenvalue weighted by atomic mass is 10.1. The van der Waals surface area contributed by atoms with Crippen LogP contribution in [-0.2, 0) is 12.8 Å². The fourth-order valence-corrected chi connectivity index (χ4v) is 3.14. The van der Waals surface area contributed by atoms with Crippen molar-refractivity contribution in [2.45, 2.75) is 25.8 Å². The summed E-state index contributed by atoms with van der Waals surface area (Å²) < 4.78 is 0. The van der Waals surface area contributed by atoms with Crippen LogP contribution in [-0.4, -0.2) is 17.6 Å². The Kier molecular flexibility index (Phi) is 4.51. The second kappa shape index (κ2) is 6.13. The summed E-state index contributed by atoms with van der Waals surface area (Å²) in [5.74, 6) is 0. The molecule has 0 aromatic carbocycles. The smallest absolute Gasteiger partial charge is 0.0940 e. The van der Waals surface area contributed by atoms with Gasteiger partial charge in [-0.05, 0) is 35.4 Å². The van der Waals surface area contributed by atoms with Crippen LogP contribution in [0.5, 0.6) is 0 Å². The normalized spacial score (nSPS) is 12.8. The molecule has 0 aliphatic rings. The van der Waals surface area contributed by atoms with Gasteiger partial charge in [0.05, 0.1) is 5.01 Å². The van der Waals surface area contributed by atoms with Crippen molar-refractivity contribution < 1.29 is 0 Å². The topological polar surface area (TPSA) is 24.9 Å². The second-order valence-corrected chi connectivity index (χ2v) is 5.48. The Labute approximate surface area is 104 Å². The van der Waals surface area contributed by atoms with Gasteiger partial charge in [-0.15, -0.1) is 11.3 Å². The Balaban J connectivity index is 1.94. The molecule has 4 heteroatoms. The number of nitrogens with one attached hydrogen (secondary N) is 1. The van der Waals surface area contributed by atoms with Crippen LogP contribution in [0.25, 0.3) is 0 Å². The quantitative estimate of drug-likeness (QED) is 0.855. The highest BCUT2D eigenvalue weighted by Gasteiger charge is 2.11. The molecule has 1 N–H and O–H groups in total. The molecule has 0 bridgehead atoms. The Morgan fingerprint density at radius 1 is 1.38 bits per heavy atom. The van der Waals surface area contributed by atoms with Crippen molar-refractivity contribution in [2.24, 2.45) is 0 Å². The fourth-order valence-electron chi connectivity index (χ4n) is 1.76. The van der Waals surface area contributed by atoms with E-state index in [1.807, 2.05) is 11.6 Å². The molecular weight excluding hydrogens is 236 g/mol. The predicted octanol–water partition coefficient (Wildman–Crippen LogP) is 2.97. The average Bonchev–Trinajstić information content (AvgIpc) is 2.91. The molecule has 0 spiro atoms. The van der Waals surface area contributed by atoms with E-state index >= 15 is 0 Å². The molecule has 0 saturated heterocycles. The molecule has 2 nitrogen and oxygen atoms in total. The molecule has 16 heavy (non-hydrogen) atoms. The molecule has 0 aliphatic heterocycles. The minimum Gasteiger partial charge on any atom is -0.314 e. The van der Waals surface area contributed by atoms with Gasteiger partial charge in [0.15, 0.2) is 0 Å². The van der Waals surface area contributed by atoms with Crippen molar-refractivity contribution in [3.05, 3.63) is 39.0 Å². The van der Waals surface area contributed by atoms with Crippen LogP contribution >= 0.6 is 22.7 Å². The number of aromatic nitrogens is 1. The Bertz CT molecular complexity index is 345. The summed E-state index contributed by atoms with van der Waals surface area (Å²) in [5, 5.41) is 11.2. The Morgan fingerprint density at radius 2 is 2.31 bits per heavy atom. The highest BCUT2D eigenvalue weighted by molar-refractivity contribution is 7.09. The molecule has 1 unspecified atom stereocenters. The Morgan fingerprint density at radius 3 is 2.94 bits per heavy atom. The largest absolute Gasteiger partial charge is 0.314 e. The Hall–Kier alpha value is -0.710. The monoisotopic (exact) mass is 252 g/mol. The first-order chi connectivity index (χ1) is 7.88. The second-order valence-electron chi connectivity index (χ2n) is 3.72. The van der Waals surface area contributed by atoms with E-state index in [9.17, 15) is 0 Å². The summed E-state index contributed by atoms with van der Waals surface area (Å²) in [6, 6.07) is 2.71. The summed E-state index contributed by atoms with van der Waals surface area (Å²) in [6.45, 7) is 3.17. The molecule has 2 heterocycles.